The van der Waals surface area contributed by atoms with Gasteiger partial charge in [0.15, 0.2) is 0 Å². The van der Waals surface area contributed by atoms with Crippen LogP contribution in [-0.2, 0) is 19.3 Å². The molecule has 19 heavy (non-hydrogen) atoms. The molecule has 0 saturated heterocycles. The summed E-state index contributed by atoms with van der Waals surface area (Å²) in [6.45, 7) is 2.11. The third-order valence-electron chi connectivity index (χ3n) is 3.15. The summed E-state index contributed by atoms with van der Waals surface area (Å²) in [7, 11) is 0. The number of hydrogen-bond acceptors (Lipinski definition) is 2. The third kappa shape index (κ3) is 4.15. The molecular weight excluding hydrogens is 302 g/mol. The molecule has 0 saturated carbocycles. The van der Waals surface area contributed by atoms with E-state index in [0.29, 0.717) is 12.8 Å². The van der Waals surface area contributed by atoms with E-state index in [-0.39, 0.29) is 0 Å². The van der Waals surface area contributed by atoms with Crippen molar-refractivity contribution in [1.82, 2.24) is 4.98 Å². The van der Waals surface area contributed by atoms with Gasteiger partial charge in [0.25, 0.3) is 0 Å². The summed E-state index contributed by atoms with van der Waals surface area (Å²) in [4.78, 5) is 4.38. The quantitative estimate of drug-likeness (QED) is 0.914. The van der Waals surface area contributed by atoms with Gasteiger partial charge in [-0.1, -0.05) is 47.1 Å². The SMILES string of the molecule is CCc1ccc(CC(O)Cc2ccccc2Br)nc1. The lowest BCUT2D eigenvalue weighted by Gasteiger charge is -2.11. The van der Waals surface area contributed by atoms with Crippen molar-refractivity contribution in [3.63, 3.8) is 0 Å². The monoisotopic (exact) mass is 319 g/mol. The Morgan fingerprint density at radius 3 is 2.58 bits per heavy atom. The molecule has 0 amide bonds. The normalized spacial score (nSPS) is 12.4. The van der Waals surface area contributed by atoms with Gasteiger partial charge in [-0.3, -0.25) is 4.98 Å². The highest BCUT2D eigenvalue weighted by molar-refractivity contribution is 9.10. The van der Waals surface area contributed by atoms with Gasteiger partial charge >= 0.3 is 0 Å². The number of aryl methyl sites for hydroxylation is 1. The molecule has 1 aromatic carbocycles. The van der Waals surface area contributed by atoms with Crippen molar-refractivity contribution in [2.24, 2.45) is 0 Å². The first-order valence-electron chi connectivity index (χ1n) is 6.54. The zero-order chi connectivity index (χ0) is 13.7. The maximum atomic E-state index is 10.1. The standard InChI is InChI=1S/C16H18BrNO/c1-2-12-7-8-14(18-11-12)10-15(19)9-13-5-3-4-6-16(13)17/h3-8,11,15,19H,2,9-10H2,1H3. The molecule has 1 atom stereocenters. The largest absolute Gasteiger partial charge is 0.392 e. The molecule has 0 aliphatic heterocycles. The van der Waals surface area contributed by atoms with Crippen LogP contribution in [0, 0.1) is 0 Å². The lowest BCUT2D eigenvalue weighted by Crippen LogP contribution is -2.15. The highest BCUT2D eigenvalue weighted by Crippen LogP contribution is 2.18. The van der Waals surface area contributed by atoms with Gasteiger partial charge in [-0.05, 0) is 36.1 Å². The summed E-state index contributed by atoms with van der Waals surface area (Å²) in [5, 5.41) is 10.1. The molecule has 0 spiro atoms. The van der Waals surface area contributed by atoms with Crippen LogP contribution in [0.4, 0.5) is 0 Å². The molecule has 0 aliphatic carbocycles. The molecule has 0 bridgehead atoms. The minimum atomic E-state index is -0.404. The number of hydrogen-bond donors (Lipinski definition) is 1. The van der Waals surface area contributed by atoms with Crippen LogP contribution in [0.1, 0.15) is 23.7 Å². The van der Waals surface area contributed by atoms with Crippen molar-refractivity contribution in [3.8, 4) is 0 Å². The lowest BCUT2D eigenvalue weighted by atomic mass is 10.0. The van der Waals surface area contributed by atoms with E-state index in [9.17, 15) is 5.11 Å². The van der Waals surface area contributed by atoms with E-state index >= 15 is 0 Å². The van der Waals surface area contributed by atoms with E-state index in [2.05, 4.69) is 33.9 Å². The third-order valence-corrected chi connectivity index (χ3v) is 3.93. The summed E-state index contributed by atoms with van der Waals surface area (Å²) in [5.41, 5.74) is 3.29. The molecular formula is C16H18BrNO. The number of aliphatic hydroxyl groups is 1. The average Bonchev–Trinajstić information content (AvgIpc) is 2.42. The van der Waals surface area contributed by atoms with E-state index in [4.69, 9.17) is 0 Å². The van der Waals surface area contributed by atoms with Gasteiger partial charge in [0.2, 0.25) is 0 Å². The van der Waals surface area contributed by atoms with Gasteiger partial charge in [-0.2, -0.15) is 0 Å². The van der Waals surface area contributed by atoms with Gasteiger partial charge in [0.05, 0.1) is 6.10 Å². The van der Waals surface area contributed by atoms with E-state index in [1.807, 2.05) is 36.5 Å². The fourth-order valence-corrected chi connectivity index (χ4v) is 2.46. The Balaban J connectivity index is 1.97. The molecule has 2 rings (SSSR count). The second-order valence-electron chi connectivity index (χ2n) is 4.66. The van der Waals surface area contributed by atoms with Crippen LogP contribution < -0.4 is 0 Å². The summed E-state index contributed by atoms with van der Waals surface area (Å²) in [6.07, 6.45) is 3.70. The van der Waals surface area contributed by atoms with Crippen LogP contribution in [0.5, 0.6) is 0 Å². The second kappa shape index (κ2) is 6.83. The van der Waals surface area contributed by atoms with E-state index in [1.54, 1.807) is 0 Å². The fraction of sp³-hybridized carbons (Fsp3) is 0.312. The zero-order valence-electron chi connectivity index (χ0n) is 11.0. The van der Waals surface area contributed by atoms with Gasteiger partial charge in [-0.25, -0.2) is 0 Å². The Kier molecular flexibility index (Phi) is 5.11. The average molecular weight is 320 g/mol. The molecule has 0 radical (unpaired) electrons. The van der Waals surface area contributed by atoms with E-state index < -0.39 is 6.10 Å². The zero-order valence-corrected chi connectivity index (χ0v) is 12.6. The molecule has 3 heteroatoms. The molecule has 2 nitrogen and oxygen atoms in total. The Hall–Kier alpha value is -1.19. The van der Waals surface area contributed by atoms with Gasteiger partial charge < -0.3 is 5.11 Å². The van der Waals surface area contributed by atoms with Crippen LogP contribution in [0.25, 0.3) is 0 Å². The molecule has 0 fully saturated rings. The summed E-state index contributed by atoms with van der Waals surface area (Å²) < 4.78 is 1.04. The minimum Gasteiger partial charge on any atom is -0.392 e. The van der Waals surface area contributed by atoms with Crippen LogP contribution in [0.15, 0.2) is 47.1 Å². The summed E-state index contributed by atoms with van der Waals surface area (Å²) in [6, 6.07) is 12.1. The number of pyridine rings is 1. The van der Waals surface area contributed by atoms with Crippen LogP contribution in [0.3, 0.4) is 0 Å². The van der Waals surface area contributed by atoms with Crippen LogP contribution >= 0.6 is 15.9 Å². The summed E-state index contributed by atoms with van der Waals surface area (Å²) >= 11 is 3.50. The maximum absolute atomic E-state index is 10.1. The Morgan fingerprint density at radius 2 is 1.95 bits per heavy atom. The molecule has 1 heterocycles. The van der Waals surface area contributed by atoms with Gasteiger partial charge in [0, 0.05) is 22.8 Å². The number of rotatable bonds is 5. The Morgan fingerprint density at radius 1 is 1.16 bits per heavy atom. The first-order chi connectivity index (χ1) is 9.19. The van der Waals surface area contributed by atoms with Gasteiger partial charge in [-0.15, -0.1) is 0 Å². The summed E-state index contributed by atoms with van der Waals surface area (Å²) in [5.74, 6) is 0. The van der Waals surface area contributed by atoms with Crippen molar-refractivity contribution in [3.05, 3.63) is 63.9 Å². The van der Waals surface area contributed by atoms with Crippen molar-refractivity contribution in [2.75, 3.05) is 0 Å². The highest BCUT2D eigenvalue weighted by atomic mass is 79.9. The van der Waals surface area contributed by atoms with Crippen LogP contribution in [-0.4, -0.2) is 16.2 Å². The van der Waals surface area contributed by atoms with E-state index in [1.165, 1.54) is 5.56 Å². The molecule has 100 valence electrons. The van der Waals surface area contributed by atoms with Crippen LogP contribution in [0.2, 0.25) is 0 Å². The number of aliphatic hydroxyl groups excluding tert-OH is 1. The topological polar surface area (TPSA) is 33.1 Å². The van der Waals surface area contributed by atoms with Gasteiger partial charge in [0.1, 0.15) is 0 Å². The molecule has 2 aromatic rings. The second-order valence-corrected chi connectivity index (χ2v) is 5.52. The van der Waals surface area contributed by atoms with Crippen molar-refractivity contribution < 1.29 is 5.11 Å². The predicted molar refractivity (Wildman–Crippen MR) is 81.2 cm³/mol. The molecule has 0 aliphatic rings. The first-order valence-corrected chi connectivity index (χ1v) is 7.33. The number of nitrogens with zero attached hydrogens (tertiary/aromatic N) is 1. The van der Waals surface area contributed by atoms with Crippen molar-refractivity contribution >= 4 is 15.9 Å². The predicted octanol–water partition coefficient (Wildman–Crippen LogP) is 3.55. The van der Waals surface area contributed by atoms with E-state index in [0.717, 1.165) is 22.2 Å². The first kappa shape index (κ1) is 14.2. The smallest absolute Gasteiger partial charge is 0.0636 e. The van der Waals surface area contributed by atoms with Crippen molar-refractivity contribution in [1.29, 1.82) is 0 Å². The molecule has 1 aromatic heterocycles. The minimum absolute atomic E-state index is 0.404. The fourth-order valence-electron chi connectivity index (χ4n) is 2.02. The number of halogens is 1. The molecule has 1 unspecified atom stereocenters. The number of benzene rings is 1. The lowest BCUT2D eigenvalue weighted by molar-refractivity contribution is 0.174. The maximum Gasteiger partial charge on any atom is 0.0636 e. The Labute approximate surface area is 122 Å². The Bertz CT molecular complexity index is 525. The highest BCUT2D eigenvalue weighted by Gasteiger charge is 2.09. The molecule has 1 N–H and O–H groups in total. The van der Waals surface area contributed by atoms with Crippen molar-refractivity contribution in [2.45, 2.75) is 32.3 Å². The number of aromatic nitrogens is 1.